The predicted octanol–water partition coefficient (Wildman–Crippen LogP) is -4.77. The number of methoxy groups -OCH3 is 1. The van der Waals surface area contributed by atoms with E-state index >= 15 is 0 Å². The summed E-state index contributed by atoms with van der Waals surface area (Å²) in [6, 6.07) is -2.03. The molecule has 2 rings (SSSR count). The summed E-state index contributed by atoms with van der Waals surface area (Å²) in [5.41, 5.74) is 0. The fourth-order valence-electron chi connectivity index (χ4n) is 4.96. The summed E-state index contributed by atoms with van der Waals surface area (Å²) in [5.74, 6) is -3.66. The Morgan fingerprint density at radius 3 is 1.40 bits per heavy atom. The molecular formula is C29H47N9O10. The zero-order chi connectivity index (χ0) is 35.6. The van der Waals surface area contributed by atoms with Gasteiger partial charge in [-0.15, -0.1) is 0 Å². The second-order valence-corrected chi connectivity index (χ2v) is 11.2. The molecule has 2 aliphatic heterocycles. The highest BCUT2D eigenvalue weighted by Crippen LogP contribution is 2.14. The van der Waals surface area contributed by atoms with E-state index in [9.17, 15) is 43.2 Å². The molecule has 2 saturated heterocycles. The molecule has 0 saturated carbocycles. The lowest BCUT2D eigenvalue weighted by Crippen LogP contribution is -2.44. The van der Waals surface area contributed by atoms with Crippen LogP contribution in [-0.4, -0.2) is 148 Å². The minimum Gasteiger partial charge on any atom is -0.384 e. The summed E-state index contributed by atoms with van der Waals surface area (Å²) in [4.78, 5) is 112. The summed E-state index contributed by atoms with van der Waals surface area (Å²) in [6.07, 6.45) is -0.534. The van der Waals surface area contributed by atoms with Crippen molar-refractivity contribution >= 4 is 53.2 Å². The minimum absolute atomic E-state index is 0.0166. The molecule has 0 spiro atoms. The van der Waals surface area contributed by atoms with E-state index in [0.29, 0.717) is 0 Å². The van der Waals surface area contributed by atoms with Crippen LogP contribution < -0.4 is 37.2 Å². The van der Waals surface area contributed by atoms with Gasteiger partial charge in [0, 0.05) is 84.5 Å². The van der Waals surface area contributed by atoms with Crippen molar-refractivity contribution in [2.45, 2.75) is 63.1 Å². The number of hydrogen-bond donors (Lipinski definition) is 7. The van der Waals surface area contributed by atoms with E-state index in [1.165, 1.54) is 7.11 Å². The van der Waals surface area contributed by atoms with Crippen LogP contribution >= 0.6 is 0 Å². The molecule has 7 N–H and O–H groups in total. The third-order valence-electron chi connectivity index (χ3n) is 7.61. The average molecular weight is 682 g/mol. The molecule has 2 heterocycles. The fraction of sp³-hybridized carbons (Fsp3) is 0.690. The molecule has 0 aromatic carbocycles. The topological polar surface area (TPSA) is 254 Å². The highest BCUT2D eigenvalue weighted by Gasteiger charge is 2.38. The van der Waals surface area contributed by atoms with Gasteiger partial charge in [0.2, 0.25) is 53.2 Å². The maximum atomic E-state index is 12.6. The van der Waals surface area contributed by atoms with Gasteiger partial charge in [0.15, 0.2) is 0 Å². The Morgan fingerprint density at radius 2 is 1.04 bits per heavy atom. The Morgan fingerprint density at radius 1 is 0.646 bits per heavy atom. The maximum absolute atomic E-state index is 12.6. The summed E-state index contributed by atoms with van der Waals surface area (Å²) < 4.78 is 4.89. The van der Waals surface area contributed by atoms with Crippen molar-refractivity contribution in [3.63, 3.8) is 0 Å². The van der Waals surface area contributed by atoms with Crippen LogP contribution in [0.1, 0.15) is 44.9 Å². The largest absolute Gasteiger partial charge is 0.384 e. The highest BCUT2D eigenvalue weighted by molar-refractivity contribution is 6.06. The van der Waals surface area contributed by atoms with E-state index in [-0.39, 0.29) is 114 Å². The number of nitrogens with zero attached hydrogens (tertiary/aromatic N) is 2. The lowest BCUT2D eigenvalue weighted by atomic mass is 10.1. The zero-order valence-electron chi connectivity index (χ0n) is 27.6. The molecule has 0 aromatic heterocycles. The van der Waals surface area contributed by atoms with Gasteiger partial charge >= 0.3 is 0 Å². The molecule has 2 unspecified atom stereocenters. The van der Waals surface area contributed by atoms with Gasteiger partial charge in [-0.25, -0.2) is 0 Å². The van der Waals surface area contributed by atoms with Gasteiger partial charge in [0.25, 0.3) is 0 Å². The van der Waals surface area contributed by atoms with Crippen molar-refractivity contribution in [3.8, 4) is 0 Å². The van der Waals surface area contributed by atoms with Gasteiger partial charge in [-0.3, -0.25) is 53.0 Å². The van der Waals surface area contributed by atoms with Crippen molar-refractivity contribution in [1.82, 2.24) is 47.0 Å². The van der Waals surface area contributed by atoms with Crippen LogP contribution in [0, 0.1) is 0 Å². The molecule has 19 nitrogen and oxygen atoms in total. The van der Waals surface area contributed by atoms with Crippen LogP contribution in [0.2, 0.25) is 0 Å². The number of carbonyl (C=O) groups excluding carboxylic acids is 9. The number of rotatable bonds is 22. The lowest BCUT2D eigenvalue weighted by Gasteiger charge is -2.19. The van der Waals surface area contributed by atoms with E-state index in [1.807, 2.05) is 0 Å². The van der Waals surface area contributed by atoms with Crippen LogP contribution in [0.4, 0.5) is 0 Å². The van der Waals surface area contributed by atoms with Crippen molar-refractivity contribution in [1.29, 1.82) is 0 Å². The second-order valence-electron chi connectivity index (χ2n) is 11.2. The number of hydrogen-bond acceptors (Lipinski definition) is 12. The number of likely N-dealkylation sites (N-methyl/N-ethyl adjacent to an activating group) is 2. The molecule has 268 valence electrons. The molecule has 48 heavy (non-hydrogen) atoms. The van der Waals surface area contributed by atoms with Gasteiger partial charge in [-0.1, -0.05) is 0 Å². The van der Waals surface area contributed by atoms with Crippen molar-refractivity contribution in [3.05, 3.63) is 0 Å². The van der Waals surface area contributed by atoms with Gasteiger partial charge in [0.05, 0.1) is 31.5 Å². The first-order chi connectivity index (χ1) is 22.9. The van der Waals surface area contributed by atoms with Crippen LogP contribution in [0.25, 0.3) is 0 Å². The number of nitrogens with one attached hydrogen (secondary N) is 7. The zero-order valence-corrected chi connectivity index (χ0v) is 27.6. The Balaban J connectivity index is 1.69. The summed E-state index contributed by atoms with van der Waals surface area (Å²) in [6.45, 7) is 0.304. The third-order valence-corrected chi connectivity index (χ3v) is 7.61. The Kier molecular flexibility index (Phi) is 17.1. The van der Waals surface area contributed by atoms with Crippen LogP contribution in [0.15, 0.2) is 0 Å². The molecule has 19 heteroatoms. The fourth-order valence-corrected chi connectivity index (χ4v) is 4.96. The summed E-state index contributed by atoms with van der Waals surface area (Å²) >= 11 is 0. The first kappa shape index (κ1) is 39.7. The first-order valence-electron chi connectivity index (χ1n) is 15.8. The van der Waals surface area contributed by atoms with Gasteiger partial charge in [-0.2, -0.15) is 0 Å². The van der Waals surface area contributed by atoms with E-state index in [1.54, 1.807) is 14.1 Å². The van der Waals surface area contributed by atoms with Crippen molar-refractivity contribution in [2.24, 2.45) is 0 Å². The Labute approximate surface area is 278 Å². The maximum Gasteiger partial charge on any atom is 0.246 e. The third kappa shape index (κ3) is 13.3. The van der Waals surface area contributed by atoms with Crippen LogP contribution in [0.3, 0.4) is 0 Å². The molecular weight excluding hydrogens is 634 g/mol. The number of imide groups is 2. The van der Waals surface area contributed by atoms with E-state index in [2.05, 4.69) is 37.2 Å². The second kappa shape index (κ2) is 20.7. The minimum atomic E-state index is -0.854. The SMILES string of the molecule is CNC1CC(=O)N(CCC(=O)NCCNC(=O)CC(CC(=O)NCCNC(=O)CCN2C(=O)CC(NC)C2=O)NC(=O)CCOC)C1=O. The smallest absolute Gasteiger partial charge is 0.246 e. The van der Waals surface area contributed by atoms with Crippen molar-refractivity contribution in [2.75, 3.05) is 67.1 Å². The van der Waals surface area contributed by atoms with Gasteiger partial charge in [0.1, 0.15) is 0 Å². The number of amides is 9. The van der Waals surface area contributed by atoms with Crippen LogP contribution in [-0.2, 0) is 47.9 Å². The molecule has 2 aliphatic rings. The molecule has 0 bridgehead atoms. The summed E-state index contributed by atoms with van der Waals surface area (Å²) in [5, 5.41) is 18.5. The molecule has 2 atom stereocenters. The van der Waals surface area contributed by atoms with E-state index in [0.717, 1.165) is 9.80 Å². The van der Waals surface area contributed by atoms with E-state index < -0.39 is 47.7 Å². The van der Waals surface area contributed by atoms with Crippen LogP contribution in [0.5, 0.6) is 0 Å². The Hall–Kier alpha value is -4.49. The highest BCUT2D eigenvalue weighted by atomic mass is 16.5. The average Bonchev–Trinajstić information content (AvgIpc) is 3.49. The van der Waals surface area contributed by atoms with Gasteiger partial charge in [-0.05, 0) is 14.1 Å². The molecule has 0 aliphatic carbocycles. The van der Waals surface area contributed by atoms with Gasteiger partial charge < -0.3 is 42.0 Å². The summed E-state index contributed by atoms with van der Waals surface area (Å²) in [7, 11) is 4.58. The molecule has 2 fully saturated rings. The first-order valence-corrected chi connectivity index (χ1v) is 15.8. The normalized spacial score (nSPS) is 18.1. The Bertz CT molecular complexity index is 1130. The molecule has 0 aromatic rings. The van der Waals surface area contributed by atoms with E-state index in [4.69, 9.17) is 4.74 Å². The number of carbonyl (C=O) groups is 9. The molecule has 9 amide bonds. The number of ether oxygens (including phenoxy) is 1. The molecule has 0 radical (unpaired) electrons. The van der Waals surface area contributed by atoms with Crippen molar-refractivity contribution < 1.29 is 47.9 Å². The monoisotopic (exact) mass is 681 g/mol. The standard InChI is InChI=1S/C29H47N9O10/c1-30-19-16-26(44)37(28(19)46)11-4-21(39)32-7-9-34-24(42)14-18(36-23(41)6-13-48-3)15-25(43)35-10-8-33-22(40)5-12-38-27(45)17-20(31-2)29(38)47/h18-20,30-31H,4-17H2,1-3H3,(H,32,39)(H,33,40)(H,34,42)(H,35,43)(H,36,41). The quantitative estimate of drug-likeness (QED) is 0.0420. The predicted molar refractivity (Wildman–Crippen MR) is 167 cm³/mol. The number of likely N-dealkylation sites (tertiary alicyclic amines) is 2. The lowest BCUT2D eigenvalue weighted by molar-refractivity contribution is -0.141.